The van der Waals surface area contributed by atoms with Crippen molar-refractivity contribution in [3.05, 3.63) is 54.1 Å². The van der Waals surface area contributed by atoms with E-state index in [1.165, 1.54) is 12.1 Å². The minimum absolute atomic E-state index is 0.169. The minimum Gasteiger partial charge on any atom is -0.480 e. The van der Waals surface area contributed by atoms with Crippen LogP contribution in [0.3, 0.4) is 0 Å². The molecule has 0 fully saturated rings. The van der Waals surface area contributed by atoms with E-state index in [1.807, 2.05) is 0 Å². The van der Waals surface area contributed by atoms with Gasteiger partial charge in [-0.1, -0.05) is 18.2 Å². The van der Waals surface area contributed by atoms with E-state index in [0.717, 1.165) is 0 Å². The quantitative estimate of drug-likeness (QED) is 0.874. The first-order valence-electron chi connectivity index (χ1n) is 6.24. The lowest BCUT2D eigenvalue weighted by atomic mass is 10.1. The topological polar surface area (TPSA) is 58.4 Å². The van der Waals surface area contributed by atoms with Crippen molar-refractivity contribution >= 4 is 5.97 Å². The standard InChI is InChI=1S/C14H16FN3O2/c1-17(9-10-18-8-4-7-16-18)13(14(19)20)11-5-2-3-6-12(11)15/h2-8,13H,9-10H2,1H3,(H,19,20). The highest BCUT2D eigenvalue weighted by atomic mass is 19.1. The summed E-state index contributed by atoms with van der Waals surface area (Å²) < 4.78 is 15.5. The second-order valence-electron chi connectivity index (χ2n) is 4.51. The fourth-order valence-corrected chi connectivity index (χ4v) is 2.08. The lowest BCUT2D eigenvalue weighted by Gasteiger charge is -2.25. The number of likely N-dealkylation sites (N-methyl/N-ethyl adjacent to an activating group) is 1. The summed E-state index contributed by atoms with van der Waals surface area (Å²) in [7, 11) is 1.66. The molecule has 1 aromatic heterocycles. The molecule has 20 heavy (non-hydrogen) atoms. The summed E-state index contributed by atoms with van der Waals surface area (Å²) in [6.45, 7) is 0.995. The zero-order valence-electron chi connectivity index (χ0n) is 11.1. The average molecular weight is 277 g/mol. The van der Waals surface area contributed by atoms with Crippen LogP contribution in [0.4, 0.5) is 4.39 Å². The van der Waals surface area contributed by atoms with E-state index >= 15 is 0 Å². The molecule has 0 aliphatic heterocycles. The molecule has 2 aromatic rings. The SMILES string of the molecule is CN(CCn1cccn1)C(C(=O)O)c1ccccc1F. The number of hydrogen-bond acceptors (Lipinski definition) is 3. The number of carboxylic acids is 1. The molecule has 6 heteroatoms. The monoisotopic (exact) mass is 277 g/mol. The molecule has 106 valence electrons. The van der Waals surface area contributed by atoms with Gasteiger partial charge in [-0.2, -0.15) is 5.10 Å². The molecular formula is C14H16FN3O2. The Bertz CT molecular complexity index is 572. The molecule has 0 amide bonds. The first-order valence-corrected chi connectivity index (χ1v) is 6.24. The van der Waals surface area contributed by atoms with Gasteiger partial charge in [0.25, 0.3) is 0 Å². The summed E-state index contributed by atoms with van der Waals surface area (Å²) in [5.74, 6) is -1.58. The molecule has 1 unspecified atom stereocenters. The molecule has 1 N–H and O–H groups in total. The molecule has 1 aromatic carbocycles. The molecule has 0 saturated carbocycles. The van der Waals surface area contributed by atoms with Crippen molar-refractivity contribution in [3.63, 3.8) is 0 Å². The Labute approximate surface area is 116 Å². The van der Waals surface area contributed by atoms with E-state index in [4.69, 9.17) is 0 Å². The van der Waals surface area contributed by atoms with Crippen LogP contribution in [0.5, 0.6) is 0 Å². The van der Waals surface area contributed by atoms with Crippen LogP contribution in [-0.4, -0.2) is 39.3 Å². The largest absolute Gasteiger partial charge is 0.480 e. The maximum absolute atomic E-state index is 13.8. The molecule has 0 spiro atoms. The second kappa shape index (κ2) is 6.29. The Morgan fingerprint density at radius 1 is 1.45 bits per heavy atom. The van der Waals surface area contributed by atoms with E-state index in [0.29, 0.717) is 13.1 Å². The number of rotatable bonds is 6. The zero-order valence-corrected chi connectivity index (χ0v) is 11.1. The Hall–Kier alpha value is -2.21. The highest BCUT2D eigenvalue weighted by Gasteiger charge is 2.26. The van der Waals surface area contributed by atoms with Gasteiger partial charge in [0.05, 0.1) is 6.54 Å². The zero-order chi connectivity index (χ0) is 14.5. The van der Waals surface area contributed by atoms with E-state index in [9.17, 15) is 14.3 Å². The van der Waals surface area contributed by atoms with Crippen molar-refractivity contribution in [1.29, 1.82) is 0 Å². The van der Waals surface area contributed by atoms with Crippen LogP contribution in [-0.2, 0) is 11.3 Å². The molecule has 0 bridgehead atoms. The van der Waals surface area contributed by atoms with Gasteiger partial charge in [0.1, 0.15) is 11.9 Å². The van der Waals surface area contributed by atoms with Gasteiger partial charge in [0.15, 0.2) is 0 Å². The summed E-state index contributed by atoms with van der Waals surface area (Å²) in [4.78, 5) is 13.0. The number of benzene rings is 1. The number of halogens is 1. The van der Waals surface area contributed by atoms with Crippen molar-refractivity contribution in [1.82, 2.24) is 14.7 Å². The summed E-state index contributed by atoms with van der Waals surface area (Å²) in [6.07, 6.45) is 3.46. The van der Waals surface area contributed by atoms with Crippen LogP contribution in [0.2, 0.25) is 0 Å². The predicted octanol–water partition coefficient (Wildman–Crippen LogP) is 1.78. The van der Waals surface area contributed by atoms with E-state index < -0.39 is 17.8 Å². The van der Waals surface area contributed by atoms with E-state index in [2.05, 4.69) is 5.10 Å². The van der Waals surface area contributed by atoms with E-state index in [-0.39, 0.29) is 5.56 Å². The average Bonchev–Trinajstić information content (AvgIpc) is 2.92. The van der Waals surface area contributed by atoms with Crippen molar-refractivity contribution < 1.29 is 14.3 Å². The normalized spacial score (nSPS) is 12.6. The Morgan fingerprint density at radius 3 is 2.80 bits per heavy atom. The minimum atomic E-state index is -1.07. The molecule has 0 aliphatic carbocycles. The summed E-state index contributed by atoms with van der Waals surface area (Å²) in [6, 6.07) is 6.74. The molecule has 1 atom stereocenters. The van der Waals surface area contributed by atoms with Crippen molar-refractivity contribution in [2.75, 3.05) is 13.6 Å². The summed E-state index contributed by atoms with van der Waals surface area (Å²) in [5, 5.41) is 13.4. The Morgan fingerprint density at radius 2 is 2.20 bits per heavy atom. The highest BCUT2D eigenvalue weighted by molar-refractivity contribution is 5.75. The third-order valence-corrected chi connectivity index (χ3v) is 3.12. The van der Waals surface area contributed by atoms with Crippen molar-refractivity contribution in [2.45, 2.75) is 12.6 Å². The van der Waals surface area contributed by atoms with Gasteiger partial charge in [-0.3, -0.25) is 14.4 Å². The number of aromatic nitrogens is 2. The lowest BCUT2D eigenvalue weighted by Crippen LogP contribution is -2.34. The summed E-state index contributed by atoms with van der Waals surface area (Å²) >= 11 is 0. The van der Waals surface area contributed by atoms with Gasteiger partial charge in [-0.25, -0.2) is 4.39 Å². The molecular weight excluding hydrogens is 261 g/mol. The van der Waals surface area contributed by atoms with Crippen LogP contribution < -0.4 is 0 Å². The third kappa shape index (κ3) is 3.21. The Kier molecular flexibility index (Phi) is 4.47. The molecule has 0 radical (unpaired) electrons. The number of carboxylic acid groups (broad SMARTS) is 1. The van der Waals surface area contributed by atoms with Gasteiger partial charge in [0, 0.05) is 24.5 Å². The molecule has 5 nitrogen and oxygen atoms in total. The number of carbonyl (C=O) groups is 1. The van der Waals surface area contributed by atoms with Crippen LogP contribution in [0.15, 0.2) is 42.7 Å². The maximum atomic E-state index is 13.8. The first-order chi connectivity index (χ1) is 9.59. The van der Waals surface area contributed by atoms with Crippen LogP contribution >= 0.6 is 0 Å². The number of nitrogens with zero attached hydrogens (tertiary/aromatic N) is 3. The first kappa shape index (κ1) is 14.2. The van der Waals surface area contributed by atoms with E-state index in [1.54, 1.807) is 47.2 Å². The van der Waals surface area contributed by atoms with Gasteiger partial charge >= 0.3 is 5.97 Å². The fourth-order valence-electron chi connectivity index (χ4n) is 2.08. The van der Waals surface area contributed by atoms with Gasteiger partial charge in [0.2, 0.25) is 0 Å². The van der Waals surface area contributed by atoms with Crippen molar-refractivity contribution in [3.8, 4) is 0 Å². The second-order valence-corrected chi connectivity index (χ2v) is 4.51. The predicted molar refractivity (Wildman–Crippen MR) is 71.6 cm³/mol. The highest BCUT2D eigenvalue weighted by Crippen LogP contribution is 2.22. The van der Waals surface area contributed by atoms with Crippen molar-refractivity contribution in [2.24, 2.45) is 0 Å². The molecule has 2 rings (SSSR count). The lowest BCUT2D eigenvalue weighted by molar-refractivity contribution is -0.143. The van der Waals surface area contributed by atoms with Crippen LogP contribution in [0.1, 0.15) is 11.6 Å². The van der Waals surface area contributed by atoms with Gasteiger partial charge in [-0.15, -0.1) is 0 Å². The van der Waals surface area contributed by atoms with Crippen LogP contribution in [0.25, 0.3) is 0 Å². The smallest absolute Gasteiger partial charge is 0.325 e. The molecule has 0 aliphatic rings. The Balaban J connectivity index is 2.12. The third-order valence-electron chi connectivity index (χ3n) is 3.12. The number of aliphatic carboxylic acids is 1. The summed E-state index contributed by atoms with van der Waals surface area (Å²) in [5.41, 5.74) is 0.169. The van der Waals surface area contributed by atoms with Gasteiger partial charge in [-0.05, 0) is 19.2 Å². The van der Waals surface area contributed by atoms with Gasteiger partial charge < -0.3 is 5.11 Å². The number of hydrogen-bond donors (Lipinski definition) is 1. The molecule has 1 heterocycles. The van der Waals surface area contributed by atoms with Crippen LogP contribution in [0, 0.1) is 5.82 Å². The maximum Gasteiger partial charge on any atom is 0.325 e. The molecule has 0 saturated heterocycles. The fraction of sp³-hybridized carbons (Fsp3) is 0.286.